The average Bonchev–Trinajstić information content (AvgIpc) is 2.39. The summed E-state index contributed by atoms with van der Waals surface area (Å²) in [6.07, 6.45) is 4.78. The highest BCUT2D eigenvalue weighted by atomic mass is 14.9. The number of hydrogen-bond donors (Lipinski definition) is 1. The summed E-state index contributed by atoms with van der Waals surface area (Å²) >= 11 is 0. The van der Waals surface area contributed by atoms with Crippen molar-refractivity contribution in [2.75, 3.05) is 5.32 Å². The predicted molar refractivity (Wildman–Crippen MR) is 72.1 cm³/mol. The number of nitrogens with zero attached hydrogens (tertiary/aromatic N) is 1. The zero-order chi connectivity index (χ0) is 12.1. The van der Waals surface area contributed by atoms with Gasteiger partial charge in [-0.05, 0) is 30.5 Å². The van der Waals surface area contributed by atoms with Crippen molar-refractivity contribution < 1.29 is 0 Å². The molecular weight excluding hydrogens is 208 g/mol. The first-order valence-electron chi connectivity index (χ1n) is 6.03. The summed E-state index contributed by atoms with van der Waals surface area (Å²) in [5.74, 6) is 0. The molecule has 0 radical (unpaired) electrons. The van der Waals surface area contributed by atoms with E-state index in [2.05, 4.69) is 48.4 Å². The Morgan fingerprint density at radius 1 is 1.18 bits per heavy atom. The van der Waals surface area contributed by atoms with Crippen LogP contribution in [0.1, 0.15) is 30.5 Å². The Balaban J connectivity index is 2.19. The molecule has 0 saturated heterocycles. The van der Waals surface area contributed by atoms with E-state index in [1.165, 1.54) is 11.1 Å². The highest BCUT2D eigenvalue weighted by Gasteiger charge is 2.09. The predicted octanol–water partition coefficient (Wildman–Crippen LogP) is 3.95. The van der Waals surface area contributed by atoms with Gasteiger partial charge in [-0.15, -0.1) is 0 Å². The Hall–Kier alpha value is -1.83. The van der Waals surface area contributed by atoms with Crippen molar-refractivity contribution in [2.24, 2.45) is 0 Å². The normalized spacial score (nSPS) is 12.1. The fourth-order valence-electron chi connectivity index (χ4n) is 1.93. The van der Waals surface area contributed by atoms with Gasteiger partial charge >= 0.3 is 0 Å². The molecule has 0 aliphatic rings. The molecule has 1 heterocycles. The molecule has 1 atom stereocenters. The van der Waals surface area contributed by atoms with Crippen molar-refractivity contribution in [2.45, 2.75) is 26.3 Å². The van der Waals surface area contributed by atoms with E-state index in [1.54, 1.807) is 0 Å². The van der Waals surface area contributed by atoms with Crippen LogP contribution < -0.4 is 5.32 Å². The molecule has 2 heteroatoms. The van der Waals surface area contributed by atoms with Gasteiger partial charge < -0.3 is 5.32 Å². The molecule has 0 bridgehead atoms. The lowest BCUT2D eigenvalue weighted by atomic mass is 10.0. The van der Waals surface area contributed by atoms with Gasteiger partial charge in [-0.1, -0.05) is 37.3 Å². The Morgan fingerprint density at radius 2 is 1.94 bits per heavy atom. The summed E-state index contributed by atoms with van der Waals surface area (Å²) in [5, 5.41) is 3.57. The summed E-state index contributed by atoms with van der Waals surface area (Å²) in [4.78, 5) is 4.11. The van der Waals surface area contributed by atoms with Crippen LogP contribution in [0.15, 0.2) is 48.8 Å². The van der Waals surface area contributed by atoms with Crippen LogP contribution in [-0.2, 0) is 0 Å². The molecule has 0 fully saturated rings. The lowest BCUT2D eigenvalue weighted by Crippen LogP contribution is -2.10. The first kappa shape index (κ1) is 11.6. The summed E-state index contributed by atoms with van der Waals surface area (Å²) in [6, 6.07) is 12.9. The van der Waals surface area contributed by atoms with Gasteiger partial charge in [0, 0.05) is 18.1 Å². The molecule has 1 aromatic carbocycles. The van der Waals surface area contributed by atoms with Crippen LogP contribution in [0.4, 0.5) is 5.69 Å². The average molecular weight is 226 g/mol. The SMILES string of the molecule is CCC(Nc1ccncc1C)c1ccccc1. The van der Waals surface area contributed by atoms with Gasteiger partial charge in [0.1, 0.15) is 0 Å². The monoisotopic (exact) mass is 226 g/mol. The van der Waals surface area contributed by atoms with E-state index in [4.69, 9.17) is 0 Å². The van der Waals surface area contributed by atoms with E-state index in [1.807, 2.05) is 24.5 Å². The standard InChI is InChI=1S/C15H18N2/c1-3-14(13-7-5-4-6-8-13)17-15-9-10-16-11-12(15)2/h4-11,14H,3H2,1-2H3,(H,16,17). The quantitative estimate of drug-likeness (QED) is 0.853. The summed E-state index contributed by atoms with van der Waals surface area (Å²) in [6.45, 7) is 4.27. The van der Waals surface area contributed by atoms with Gasteiger partial charge in [-0.25, -0.2) is 0 Å². The van der Waals surface area contributed by atoms with Crippen LogP contribution in [0.2, 0.25) is 0 Å². The Labute approximate surface area is 103 Å². The molecule has 88 valence electrons. The second-order valence-corrected chi connectivity index (χ2v) is 4.21. The maximum Gasteiger partial charge on any atom is 0.0511 e. The fourth-order valence-corrected chi connectivity index (χ4v) is 1.93. The molecule has 17 heavy (non-hydrogen) atoms. The molecule has 1 aromatic heterocycles. The van der Waals surface area contributed by atoms with E-state index >= 15 is 0 Å². The third-order valence-electron chi connectivity index (χ3n) is 2.96. The first-order chi connectivity index (χ1) is 8.31. The van der Waals surface area contributed by atoms with Crippen LogP contribution in [0.5, 0.6) is 0 Å². The largest absolute Gasteiger partial charge is 0.378 e. The first-order valence-corrected chi connectivity index (χ1v) is 6.03. The molecule has 0 aliphatic carbocycles. The number of benzene rings is 1. The maximum absolute atomic E-state index is 4.11. The van der Waals surface area contributed by atoms with Gasteiger partial charge in [-0.2, -0.15) is 0 Å². The van der Waals surface area contributed by atoms with Gasteiger partial charge in [0.05, 0.1) is 6.04 Å². The van der Waals surface area contributed by atoms with Crippen molar-refractivity contribution in [1.29, 1.82) is 0 Å². The zero-order valence-electron chi connectivity index (χ0n) is 10.4. The molecule has 2 aromatic rings. The van der Waals surface area contributed by atoms with Gasteiger partial charge in [0.25, 0.3) is 0 Å². The van der Waals surface area contributed by atoms with E-state index < -0.39 is 0 Å². The van der Waals surface area contributed by atoms with E-state index in [0.717, 1.165) is 12.1 Å². The number of hydrogen-bond acceptors (Lipinski definition) is 2. The Kier molecular flexibility index (Phi) is 3.76. The van der Waals surface area contributed by atoms with Crippen LogP contribution in [-0.4, -0.2) is 4.98 Å². The summed E-state index contributed by atoms with van der Waals surface area (Å²) < 4.78 is 0. The minimum absolute atomic E-state index is 0.359. The lowest BCUT2D eigenvalue weighted by molar-refractivity contribution is 0.748. The molecule has 2 nitrogen and oxygen atoms in total. The van der Waals surface area contributed by atoms with Crippen LogP contribution in [0.25, 0.3) is 0 Å². The highest BCUT2D eigenvalue weighted by molar-refractivity contribution is 5.50. The van der Waals surface area contributed by atoms with E-state index in [-0.39, 0.29) is 0 Å². The molecular formula is C15H18N2. The minimum Gasteiger partial charge on any atom is -0.378 e. The third kappa shape index (κ3) is 2.84. The second kappa shape index (κ2) is 5.48. The number of aromatic nitrogens is 1. The molecule has 0 spiro atoms. The van der Waals surface area contributed by atoms with Gasteiger partial charge in [-0.3, -0.25) is 4.98 Å². The topological polar surface area (TPSA) is 24.9 Å². The van der Waals surface area contributed by atoms with E-state index in [9.17, 15) is 0 Å². The van der Waals surface area contributed by atoms with Gasteiger partial charge in [0.15, 0.2) is 0 Å². The summed E-state index contributed by atoms with van der Waals surface area (Å²) in [5.41, 5.74) is 3.67. The number of aryl methyl sites for hydroxylation is 1. The maximum atomic E-state index is 4.11. The highest BCUT2D eigenvalue weighted by Crippen LogP contribution is 2.23. The molecule has 0 aliphatic heterocycles. The second-order valence-electron chi connectivity index (χ2n) is 4.21. The lowest BCUT2D eigenvalue weighted by Gasteiger charge is -2.19. The zero-order valence-corrected chi connectivity index (χ0v) is 10.4. The van der Waals surface area contributed by atoms with Crippen LogP contribution in [0, 0.1) is 6.92 Å². The van der Waals surface area contributed by atoms with E-state index in [0.29, 0.717) is 6.04 Å². The van der Waals surface area contributed by atoms with Gasteiger partial charge in [0.2, 0.25) is 0 Å². The smallest absolute Gasteiger partial charge is 0.0511 e. The number of anilines is 1. The molecule has 2 rings (SSSR count). The number of nitrogens with one attached hydrogen (secondary N) is 1. The Morgan fingerprint density at radius 3 is 2.59 bits per heavy atom. The third-order valence-corrected chi connectivity index (χ3v) is 2.96. The number of pyridine rings is 1. The minimum atomic E-state index is 0.359. The number of rotatable bonds is 4. The van der Waals surface area contributed by atoms with Crippen molar-refractivity contribution in [3.05, 3.63) is 59.9 Å². The van der Waals surface area contributed by atoms with Crippen LogP contribution in [0.3, 0.4) is 0 Å². The van der Waals surface area contributed by atoms with Crippen molar-refractivity contribution in [1.82, 2.24) is 4.98 Å². The molecule has 0 amide bonds. The molecule has 1 N–H and O–H groups in total. The Bertz CT molecular complexity index is 465. The summed E-state index contributed by atoms with van der Waals surface area (Å²) in [7, 11) is 0. The van der Waals surface area contributed by atoms with Crippen molar-refractivity contribution in [3.63, 3.8) is 0 Å². The fraction of sp³-hybridized carbons (Fsp3) is 0.267. The molecule has 0 saturated carbocycles. The molecule has 1 unspecified atom stereocenters. The van der Waals surface area contributed by atoms with Crippen LogP contribution >= 0.6 is 0 Å². The van der Waals surface area contributed by atoms with Crippen molar-refractivity contribution >= 4 is 5.69 Å². The van der Waals surface area contributed by atoms with Crippen molar-refractivity contribution in [3.8, 4) is 0 Å².